The van der Waals surface area contributed by atoms with Gasteiger partial charge in [0.2, 0.25) is 0 Å². The number of fused-ring (bicyclic) bond motifs is 1. The Morgan fingerprint density at radius 2 is 1.44 bits per heavy atom. The minimum atomic E-state index is -0.982. The summed E-state index contributed by atoms with van der Waals surface area (Å²) in [5.74, 6) is -1.67. The van der Waals surface area contributed by atoms with Gasteiger partial charge in [0, 0.05) is 34.1 Å². The van der Waals surface area contributed by atoms with Crippen LogP contribution < -0.4 is 0 Å². The Bertz CT molecular complexity index is 1760. The van der Waals surface area contributed by atoms with E-state index in [1.54, 1.807) is 32.9 Å². The van der Waals surface area contributed by atoms with Gasteiger partial charge in [0.05, 0.1) is 27.5 Å². The van der Waals surface area contributed by atoms with Crippen LogP contribution >= 0.6 is 23.2 Å². The number of aromatic nitrogens is 1. The number of benzene rings is 4. The molecule has 4 aromatic carbocycles. The molecule has 5 aromatic rings. The number of aliphatic imine (C=N–C) groups is 1. The van der Waals surface area contributed by atoms with Gasteiger partial charge in [-0.2, -0.15) is 0 Å². The van der Waals surface area contributed by atoms with Crippen molar-refractivity contribution in [3.05, 3.63) is 136 Å². The fourth-order valence-corrected chi connectivity index (χ4v) is 5.52. The van der Waals surface area contributed by atoms with Crippen LogP contribution in [0.4, 0.5) is 8.78 Å². The molecule has 0 radical (unpaired) electrons. The van der Waals surface area contributed by atoms with Gasteiger partial charge in [0.1, 0.15) is 17.2 Å². The van der Waals surface area contributed by atoms with E-state index in [1.807, 2.05) is 60.7 Å². The predicted molar refractivity (Wildman–Crippen MR) is 169 cm³/mol. The lowest BCUT2D eigenvalue weighted by atomic mass is 9.94. The van der Waals surface area contributed by atoms with Gasteiger partial charge >= 0.3 is 5.97 Å². The van der Waals surface area contributed by atoms with Crippen LogP contribution in [-0.4, -0.2) is 28.3 Å². The van der Waals surface area contributed by atoms with Gasteiger partial charge in [-0.3, -0.25) is 9.98 Å². The van der Waals surface area contributed by atoms with E-state index in [4.69, 9.17) is 32.9 Å². The number of nitrogens with zero attached hydrogens (tertiary/aromatic N) is 2. The van der Waals surface area contributed by atoms with Crippen molar-refractivity contribution >= 4 is 45.8 Å². The number of hydrogen-bond donors (Lipinski definition) is 0. The topological polar surface area (TPSA) is 51.5 Å². The number of carbonyl (C=O) groups excluding carboxylic acids is 1. The minimum Gasteiger partial charge on any atom is -0.458 e. The zero-order valence-corrected chi connectivity index (χ0v) is 25.3. The van der Waals surface area contributed by atoms with Crippen molar-refractivity contribution in [3.8, 4) is 11.1 Å². The number of rotatable bonds is 7. The first kappa shape index (κ1) is 30.3. The molecule has 218 valence electrons. The van der Waals surface area contributed by atoms with Crippen molar-refractivity contribution in [1.29, 1.82) is 0 Å². The number of halogens is 4. The van der Waals surface area contributed by atoms with Gasteiger partial charge in [-0.1, -0.05) is 96.0 Å². The molecular formula is C35H28Cl2F2N2O2. The number of hydrogen-bond acceptors (Lipinski definition) is 4. The maximum Gasteiger partial charge on any atom is 0.331 e. The van der Waals surface area contributed by atoms with Gasteiger partial charge in [-0.25, -0.2) is 13.6 Å². The molecule has 0 bridgehead atoms. The van der Waals surface area contributed by atoms with E-state index >= 15 is 0 Å². The van der Waals surface area contributed by atoms with Gasteiger partial charge in [-0.15, -0.1) is 0 Å². The van der Waals surface area contributed by atoms with Crippen molar-refractivity contribution in [2.45, 2.75) is 38.8 Å². The molecule has 1 heterocycles. The summed E-state index contributed by atoms with van der Waals surface area (Å²) < 4.78 is 34.4. The Labute approximate surface area is 259 Å². The van der Waals surface area contributed by atoms with E-state index in [2.05, 4.69) is 4.98 Å². The molecule has 0 saturated heterocycles. The van der Waals surface area contributed by atoms with E-state index in [1.165, 1.54) is 6.07 Å². The summed E-state index contributed by atoms with van der Waals surface area (Å²) in [6.45, 7) is 5.38. The Morgan fingerprint density at radius 1 is 0.860 bits per heavy atom. The zero-order chi connectivity index (χ0) is 30.7. The SMILES string of the molecule is CC(C)(C)OC(=O)[C@H](Cc1ccc(-c2c(Cl)cc(F)cc2Cl)c2ncc(F)cc12)N=C(c1ccccc1)c1ccccc1. The predicted octanol–water partition coefficient (Wildman–Crippen LogP) is 9.28. The first-order chi connectivity index (χ1) is 20.5. The van der Waals surface area contributed by atoms with Gasteiger partial charge in [0.25, 0.3) is 0 Å². The lowest BCUT2D eigenvalue weighted by Crippen LogP contribution is -2.33. The Kier molecular flexibility index (Phi) is 8.90. The summed E-state index contributed by atoms with van der Waals surface area (Å²) in [5, 5.41) is 0.632. The molecule has 0 N–H and O–H groups in total. The summed E-state index contributed by atoms with van der Waals surface area (Å²) in [7, 11) is 0. The normalized spacial score (nSPS) is 12.2. The van der Waals surface area contributed by atoms with Crippen LogP contribution in [0.25, 0.3) is 22.0 Å². The third-order valence-electron chi connectivity index (χ3n) is 6.65. The molecule has 5 rings (SSSR count). The molecule has 0 aliphatic heterocycles. The van der Waals surface area contributed by atoms with E-state index in [0.29, 0.717) is 33.3 Å². The monoisotopic (exact) mass is 616 g/mol. The van der Waals surface area contributed by atoms with Crippen LogP contribution in [0.5, 0.6) is 0 Å². The average molecular weight is 618 g/mol. The first-order valence-electron chi connectivity index (χ1n) is 13.6. The average Bonchev–Trinajstić information content (AvgIpc) is 2.95. The molecule has 0 unspecified atom stereocenters. The molecular weight excluding hydrogens is 589 g/mol. The van der Waals surface area contributed by atoms with Crippen LogP contribution in [0, 0.1) is 11.6 Å². The highest BCUT2D eigenvalue weighted by Gasteiger charge is 2.28. The fraction of sp³-hybridized carbons (Fsp3) is 0.171. The molecule has 1 atom stereocenters. The molecule has 0 aliphatic rings. The Morgan fingerprint density at radius 3 is 2.00 bits per heavy atom. The highest BCUT2D eigenvalue weighted by molar-refractivity contribution is 6.39. The summed E-state index contributed by atoms with van der Waals surface area (Å²) in [4.78, 5) is 23.0. The molecule has 0 fully saturated rings. The van der Waals surface area contributed by atoms with Crippen LogP contribution in [0.3, 0.4) is 0 Å². The smallest absolute Gasteiger partial charge is 0.331 e. The largest absolute Gasteiger partial charge is 0.458 e. The van der Waals surface area contributed by atoms with E-state index < -0.39 is 29.2 Å². The number of esters is 1. The second-order valence-corrected chi connectivity index (χ2v) is 11.8. The third kappa shape index (κ3) is 7.10. The Hall–Kier alpha value is -4.13. The van der Waals surface area contributed by atoms with Crippen LogP contribution in [0.1, 0.15) is 37.5 Å². The van der Waals surface area contributed by atoms with Crippen LogP contribution in [0.2, 0.25) is 10.0 Å². The lowest BCUT2D eigenvalue weighted by molar-refractivity contribution is -0.156. The quantitative estimate of drug-likeness (QED) is 0.135. The van der Waals surface area contributed by atoms with Gasteiger partial charge in [-0.05, 0) is 44.5 Å². The molecule has 0 aliphatic carbocycles. The minimum absolute atomic E-state index is 0.0882. The number of ether oxygens (including phenoxy) is 1. The summed E-state index contributed by atoms with van der Waals surface area (Å²) in [6.07, 6.45) is 1.18. The van der Waals surface area contributed by atoms with Crippen molar-refractivity contribution < 1.29 is 18.3 Å². The maximum absolute atomic E-state index is 14.7. The van der Waals surface area contributed by atoms with Crippen molar-refractivity contribution in [1.82, 2.24) is 4.98 Å². The number of pyridine rings is 1. The van der Waals surface area contributed by atoms with Crippen LogP contribution in [0.15, 0.2) is 102 Å². The van der Waals surface area contributed by atoms with E-state index in [9.17, 15) is 13.6 Å². The van der Waals surface area contributed by atoms with E-state index in [0.717, 1.165) is 29.5 Å². The molecule has 1 aromatic heterocycles. The molecule has 4 nitrogen and oxygen atoms in total. The summed E-state index contributed by atoms with van der Waals surface area (Å²) >= 11 is 12.8. The second-order valence-electron chi connectivity index (χ2n) is 11.0. The number of carbonyl (C=O) groups is 1. The van der Waals surface area contributed by atoms with Crippen molar-refractivity contribution in [2.75, 3.05) is 0 Å². The van der Waals surface area contributed by atoms with Gasteiger partial charge < -0.3 is 4.74 Å². The third-order valence-corrected chi connectivity index (χ3v) is 7.25. The Balaban J connectivity index is 1.68. The van der Waals surface area contributed by atoms with Crippen LogP contribution in [-0.2, 0) is 16.0 Å². The van der Waals surface area contributed by atoms with Crippen molar-refractivity contribution in [2.24, 2.45) is 4.99 Å². The standard InChI is InChI=1S/C35H28Cl2F2N2O2/c1-35(2,3)43-34(42)30(41-32(21-10-6-4-7-11-21)22-12-8-5-9-13-22)16-23-14-15-26(33-27(23)17-25(39)20-40-33)31-28(36)18-24(38)19-29(31)37/h4-15,17-20,30H,16H2,1-3H3/t30-/m0/s1. The molecule has 8 heteroatoms. The van der Waals surface area contributed by atoms with Gasteiger partial charge in [0.15, 0.2) is 6.04 Å². The second kappa shape index (κ2) is 12.6. The highest BCUT2D eigenvalue weighted by atomic mass is 35.5. The first-order valence-corrected chi connectivity index (χ1v) is 14.4. The maximum atomic E-state index is 14.7. The van der Waals surface area contributed by atoms with Crippen molar-refractivity contribution in [3.63, 3.8) is 0 Å². The molecule has 43 heavy (non-hydrogen) atoms. The molecule has 0 spiro atoms. The summed E-state index contributed by atoms with van der Waals surface area (Å²) in [5.41, 5.74) is 3.39. The zero-order valence-electron chi connectivity index (χ0n) is 23.7. The molecule has 0 amide bonds. The summed E-state index contributed by atoms with van der Waals surface area (Å²) in [6, 6.07) is 25.3. The fourth-order valence-electron chi connectivity index (χ4n) is 4.85. The molecule has 0 saturated carbocycles. The highest BCUT2D eigenvalue weighted by Crippen LogP contribution is 2.40. The lowest BCUT2D eigenvalue weighted by Gasteiger charge is -2.23. The van der Waals surface area contributed by atoms with E-state index in [-0.39, 0.29) is 16.5 Å².